The normalized spacial score (nSPS) is 18.5. The molecule has 0 saturated carbocycles. The highest BCUT2D eigenvalue weighted by Crippen LogP contribution is 2.15. The molecule has 1 aliphatic rings. The maximum Gasteiger partial charge on any atom is 0.236 e. The first kappa shape index (κ1) is 14.2. The fourth-order valence-corrected chi connectivity index (χ4v) is 2.39. The van der Waals surface area contributed by atoms with Gasteiger partial charge in [0, 0.05) is 30.2 Å². The van der Waals surface area contributed by atoms with Crippen molar-refractivity contribution in [1.82, 2.24) is 9.80 Å². The van der Waals surface area contributed by atoms with Gasteiger partial charge in [0.15, 0.2) is 5.78 Å². The lowest BCUT2D eigenvalue weighted by molar-refractivity contribution is -0.134. The highest BCUT2D eigenvalue weighted by atomic mass is 79.9. The summed E-state index contributed by atoms with van der Waals surface area (Å²) in [5, 5.41) is 0. The zero-order valence-electron chi connectivity index (χ0n) is 11.1. The summed E-state index contributed by atoms with van der Waals surface area (Å²) in [5.74, 6) is 0.131. The van der Waals surface area contributed by atoms with Gasteiger partial charge >= 0.3 is 0 Å². The third-order valence-electron chi connectivity index (χ3n) is 3.54. The van der Waals surface area contributed by atoms with Crippen molar-refractivity contribution in [3.63, 3.8) is 0 Å². The molecule has 1 heterocycles. The molecule has 1 saturated heterocycles. The molecular weight excluding hydrogens is 308 g/mol. The summed E-state index contributed by atoms with van der Waals surface area (Å²) in [6.45, 7) is 3.60. The number of ketones is 1. The molecule has 19 heavy (non-hydrogen) atoms. The molecule has 1 aliphatic heterocycles. The number of rotatable bonds is 3. The molecule has 0 aromatic heterocycles. The topological polar surface area (TPSA) is 40.6 Å². The number of benzene rings is 1. The average molecular weight is 325 g/mol. The zero-order valence-corrected chi connectivity index (χ0v) is 12.7. The predicted octanol–water partition coefficient (Wildman–Crippen LogP) is 1.79. The first-order valence-corrected chi connectivity index (χ1v) is 7.06. The maximum atomic E-state index is 12.4. The molecule has 0 aliphatic carbocycles. The number of carbonyl (C=O) groups excluding carboxylic acids is 2. The summed E-state index contributed by atoms with van der Waals surface area (Å²) in [4.78, 5) is 27.7. The van der Waals surface area contributed by atoms with Crippen LogP contribution >= 0.6 is 15.9 Å². The number of piperazine rings is 1. The Morgan fingerprint density at radius 3 is 2.47 bits per heavy atom. The lowest BCUT2D eigenvalue weighted by Crippen LogP contribution is -2.53. The van der Waals surface area contributed by atoms with Crippen LogP contribution in [-0.2, 0) is 4.79 Å². The molecule has 1 aromatic rings. The van der Waals surface area contributed by atoms with Crippen LogP contribution in [0, 0.1) is 0 Å². The second-order valence-electron chi connectivity index (χ2n) is 4.83. The third-order valence-corrected chi connectivity index (χ3v) is 4.07. The third kappa shape index (κ3) is 3.22. The maximum absolute atomic E-state index is 12.4. The molecule has 5 heteroatoms. The van der Waals surface area contributed by atoms with Crippen molar-refractivity contribution in [3.05, 3.63) is 34.3 Å². The summed E-state index contributed by atoms with van der Waals surface area (Å²) >= 11 is 3.35. The molecular formula is C14H17BrN2O2. The highest BCUT2D eigenvalue weighted by Gasteiger charge is 2.28. The van der Waals surface area contributed by atoms with Gasteiger partial charge in [0.25, 0.3) is 0 Å². The first-order valence-electron chi connectivity index (χ1n) is 6.27. The van der Waals surface area contributed by atoms with E-state index in [1.807, 2.05) is 24.0 Å². The van der Waals surface area contributed by atoms with Crippen LogP contribution in [0.5, 0.6) is 0 Å². The zero-order chi connectivity index (χ0) is 14.0. The standard InChI is InChI=1S/C14H17BrN2O2/c1-10(17-8-7-16(2)13(18)9-17)14(19)11-3-5-12(15)6-4-11/h3-6,10H,7-9H2,1-2H3. The minimum atomic E-state index is -0.265. The molecule has 1 aromatic carbocycles. The predicted molar refractivity (Wildman–Crippen MR) is 77.1 cm³/mol. The number of Topliss-reactive ketones (excluding diaryl/α,β-unsaturated/α-hetero) is 1. The Kier molecular flexibility index (Phi) is 4.37. The number of halogens is 1. The summed E-state index contributed by atoms with van der Waals surface area (Å²) in [6.07, 6.45) is 0. The summed E-state index contributed by atoms with van der Waals surface area (Å²) < 4.78 is 0.950. The van der Waals surface area contributed by atoms with Gasteiger partial charge in [-0.15, -0.1) is 0 Å². The van der Waals surface area contributed by atoms with E-state index in [4.69, 9.17) is 0 Å². The second-order valence-corrected chi connectivity index (χ2v) is 5.75. The smallest absolute Gasteiger partial charge is 0.236 e. The number of carbonyl (C=O) groups is 2. The lowest BCUT2D eigenvalue weighted by atomic mass is 10.0. The van der Waals surface area contributed by atoms with Gasteiger partial charge in [0.1, 0.15) is 0 Å². The Bertz CT molecular complexity index is 487. The Labute approximate surface area is 121 Å². The minimum absolute atomic E-state index is 0.0600. The highest BCUT2D eigenvalue weighted by molar-refractivity contribution is 9.10. The van der Waals surface area contributed by atoms with E-state index in [9.17, 15) is 9.59 Å². The van der Waals surface area contributed by atoms with Gasteiger partial charge in [-0.05, 0) is 19.1 Å². The van der Waals surface area contributed by atoms with Crippen LogP contribution < -0.4 is 0 Å². The Balaban J connectivity index is 2.07. The van der Waals surface area contributed by atoms with Crippen molar-refractivity contribution in [2.24, 2.45) is 0 Å². The summed E-state index contributed by atoms with van der Waals surface area (Å²) in [5.41, 5.74) is 0.682. The number of hydrogen-bond donors (Lipinski definition) is 0. The van der Waals surface area contributed by atoms with Crippen molar-refractivity contribution in [2.45, 2.75) is 13.0 Å². The van der Waals surface area contributed by atoms with Crippen LogP contribution in [0.25, 0.3) is 0 Å². The van der Waals surface area contributed by atoms with Crippen molar-refractivity contribution in [1.29, 1.82) is 0 Å². The van der Waals surface area contributed by atoms with Gasteiger partial charge in [-0.3, -0.25) is 14.5 Å². The van der Waals surface area contributed by atoms with E-state index in [1.165, 1.54) is 0 Å². The molecule has 2 rings (SSSR count). The van der Waals surface area contributed by atoms with E-state index in [0.717, 1.165) is 11.0 Å². The van der Waals surface area contributed by atoms with Crippen LogP contribution in [0.4, 0.5) is 0 Å². The van der Waals surface area contributed by atoms with Gasteiger partial charge in [-0.25, -0.2) is 0 Å². The molecule has 0 N–H and O–H groups in total. The van der Waals surface area contributed by atoms with Crippen molar-refractivity contribution in [3.8, 4) is 0 Å². The van der Waals surface area contributed by atoms with E-state index in [2.05, 4.69) is 15.9 Å². The van der Waals surface area contributed by atoms with Crippen LogP contribution in [0.1, 0.15) is 17.3 Å². The Morgan fingerprint density at radius 1 is 1.26 bits per heavy atom. The van der Waals surface area contributed by atoms with Crippen molar-refractivity contribution < 1.29 is 9.59 Å². The van der Waals surface area contributed by atoms with E-state index >= 15 is 0 Å². The van der Waals surface area contributed by atoms with Gasteiger partial charge in [-0.2, -0.15) is 0 Å². The molecule has 102 valence electrons. The quantitative estimate of drug-likeness (QED) is 0.796. The molecule has 1 amide bonds. The number of nitrogens with zero attached hydrogens (tertiary/aromatic N) is 2. The largest absolute Gasteiger partial charge is 0.343 e. The lowest BCUT2D eigenvalue weighted by Gasteiger charge is -2.35. The van der Waals surface area contributed by atoms with Crippen LogP contribution in [0.3, 0.4) is 0 Å². The number of hydrogen-bond acceptors (Lipinski definition) is 3. The van der Waals surface area contributed by atoms with E-state index in [-0.39, 0.29) is 17.7 Å². The molecule has 1 fully saturated rings. The summed E-state index contributed by atoms with van der Waals surface area (Å²) in [6, 6.07) is 7.06. The Morgan fingerprint density at radius 2 is 1.89 bits per heavy atom. The molecule has 0 spiro atoms. The molecule has 0 radical (unpaired) electrons. The van der Waals surface area contributed by atoms with Crippen molar-refractivity contribution >= 4 is 27.6 Å². The second kappa shape index (κ2) is 5.84. The summed E-state index contributed by atoms with van der Waals surface area (Å²) in [7, 11) is 1.79. The molecule has 1 unspecified atom stereocenters. The fraction of sp³-hybridized carbons (Fsp3) is 0.429. The minimum Gasteiger partial charge on any atom is -0.343 e. The number of amides is 1. The van der Waals surface area contributed by atoms with Gasteiger partial charge in [0.2, 0.25) is 5.91 Å². The average Bonchev–Trinajstić information content (AvgIpc) is 2.41. The molecule has 1 atom stereocenters. The van der Waals surface area contributed by atoms with Gasteiger partial charge < -0.3 is 4.90 Å². The SMILES string of the molecule is CC(C(=O)c1ccc(Br)cc1)N1CCN(C)C(=O)C1. The van der Waals surface area contributed by atoms with Gasteiger partial charge in [0.05, 0.1) is 12.6 Å². The van der Waals surface area contributed by atoms with Crippen molar-refractivity contribution in [2.75, 3.05) is 26.7 Å². The molecule has 4 nitrogen and oxygen atoms in total. The van der Waals surface area contributed by atoms with E-state index in [1.54, 1.807) is 24.1 Å². The van der Waals surface area contributed by atoms with Crippen LogP contribution in [-0.4, -0.2) is 54.2 Å². The Hall–Kier alpha value is -1.20. The van der Waals surface area contributed by atoms with E-state index in [0.29, 0.717) is 18.7 Å². The van der Waals surface area contributed by atoms with Crippen LogP contribution in [0.2, 0.25) is 0 Å². The van der Waals surface area contributed by atoms with Gasteiger partial charge in [-0.1, -0.05) is 28.1 Å². The van der Waals surface area contributed by atoms with Crippen LogP contribution in [0.15, 0.2) is 28.7 Å². The monoisotopic (exact) mass is 324 g/mol. The first-order chi connectivity index (χ1) is 8.99. The fourth-order valence-electron chi connectivity index (χ4n) is 2.13. The number of likely N-dealkylation sites (N-methyl/N-ethyl adjacent to an activating group) is 1. The van der Waals surface area contributed by atoms with E-state index < -0.39 is 0 Å². The molecule has 0 bridgehead atoms.